The summed E-state index contributed by atoms with van der Waals surface area (Å²) < 4.78 is 23.3. The highest BCUT2D eigenvalue weighted by Crippen LogP contribution is 2.22. The predicted molar refractivity (Wildman–Crippen MR) is 60.7 cm³/mol. The lowest BCUT2D eigenvalue weighted by Gasteiger charge is -2.20. The molecule has 1 aliphatic heterocycles. The van der Waals surface area contributed by atoms with Crippen molar-refractivity contribution in [2.45, 2.75) is 12.8 Å². The molecule has 0 aromatic carbocycles. The maximum absolute atomic E-state index is 11.7. The lowest BCUT2D eigenvalue weighted by atomic mass is 10.1. The quantitative estimate of drug-likeness (QED) is 0.766. The third-order valence-corrected chi connectivity index (χ3v) is 4.60. The topological polar surface area (TPSA) is 106 Å². The van der Waals surface area contributed by atoms with E-state index in [1.807, 2.05) is 0 Å². The number of aromatic nitrogens is 1. The minimum atomic E-state index is -3.21. The zero-order valence-electron chi connectivity index (χ0n) is 9.44. The Morgan fingerprint density at radius 1 is 1.33 bits per heavy atom. The van der Waals surface area contributed by atoms with Gasteiger partial charge in [-0.05, 0) is 12.8 Å². The zero-order valence-corrected chi connectivity index (χ0v) is 10.3. The van der Waals surface area contributed by atoms with E-state index >= 15 is 0 Å². The van der Waals surface area contributed by atoms with E-state index in [-0.39, 0.29) is 11.5 Å². The highest BCUT2D eigenvalue weighted by molar-refractivity contribution is 7.91. The standard InChI is InChI=1S/C10H13NO6S/c12-8-3-4-9(13)11(8)17-10(14)7-2-1-5-18(15,16)6-7/h3-4,7,12-13H,1-2,5-6H2. The number of nitrogens with zero attached hydrogens (tertiary/aromatic N) is 1. The number of hydrogen-bond acceptors (Lipinski definition) is 6. The molecule has 1 unspecified atom stereocenters. The average molecular weight is 275 g/mol. The Kier molecular flexibility index (Phi) is 3.20. The Morgan fingerprint density at radius 3 is 2.50 bits per heavy atom. The molecular formula is C10H13NO6S. The first-order chi connectivity index (χ1) is 8.39. The van der Waals surface area contributed by atoms with Crippen molar-refractivity contribution in [3.05, 3.63) is 12.1 Å². The van der Waals surface area contributed by atoms with Gasteiger partial charge in [-0.15, -0.1) is 4.73 Å². The summed E-state index contributed by atoms with van der Waals surface area (Å²) >= 11 is 0. The summed E-state index contributed by atoms with van der Waals surface area (Å²) in [7, 11) is -3.21. The molecule has 1 saturated heterocycles. The van der Waals surface area contributed by atoms with Gasteiger partial charge >= 0.3 is 5.97 Å². The van der Waals surface area contributed by atoms with Gasteiger partial charge in [0, 0.05) is 12.1 Å². The smallest absolute Gasteiger partial charge is 0.337 e. The Hall–Kier alpha value is -1.70. The summed E-state index contributed by atoms with van der Waals surface area (Å²) in [6.45, 7) is 0. The average Bonchev–Trinajstić information content (AvgIpc) is 2.59. The molecule has 1 aromatic heterocycles. The van der Waals surface area contributed by atoms with Crippen LogP contribution >= 0.6 is 0 Å². The van der Waals surface area contributed by atoms with Gasteiger partial charge in [-0.1, -0.05) is 0 Å². The number of hydrogen-bond donors (Lipinski definition) is 2. The number of rotatable bonds is 2. The molecule has 18 heavy (non-hydrogen) atoms. The molecule has 0 radical (unpaired) electrons. The molecule has 2 rings (SSSR count). The Bertz CT molecular complexity index is 541. The summed E-state index contributed by atoms with van der Waals surface area (Å²) in [5.41, 5.74) is 0. The maximum atomic E-state index is 11.7. The second kappa shape index (κ2) is 4.52. The highest BCUT2D eigenvalue weighted by Gasteiger charge is 2.32. The van der Waals surface area contributed by atoms with Crippen LogP contribution in [-0.4, -0.2) is 40.8 Å². The first-order valence-electron chi connectivity index (χ1n) is 5.41. The van der Waals surface area contributed by atoms with Crippen molar-refractivity contribution in [3.63, 3.8) is 0 Å². The van der Waals surface area contributed by atoms with Gasteiger partial charge in [0.1, 0.15) is 0 Å². The summed E-state index contributed by atoms with van der Waals surface area (Å²) in [5.74, 6) is -2.57. The maximum Gasteiger partial charge on any atom is 0.337 e. The van der Waals surface area contributed by atoms with Crippen LogP contribution in [0.5, 0.6) is 11.8 Å². The van der Waals surface area contributed by atoms with Crippen LogP contribution in [0, 0.1) is 5.92 Å². The zero-order chi connectivity index (χ0) is 13.3. The fraction of sp³-hybridized carbons (Fsp3) is 0.500. The number of carbonyl (C=O) groups excluding carboxylic acids is 1. The molecule has 0 bridgehead atoms. The second-order valence-corrected chi connectivity index (χ2v) is 6.44. The van der Waals surface area contributed by atoms with E-state index in [0.29, 0.717) is 17.6 Å². The number of carbonyl (C=O) groups is 1. The molecule has 8 heteroatoms. The minimum absolute atomic E-state index is 0.0802. The third-order valence-electron chi connectivity index (χ3n) is 2.78. The SMILES string of the molecule is O=C(On1c(O)ccc1O)C1CCCS(=O)(=O)C1. The van der Waals surface area contributed by atoms with E-state index in [1.54, 1.807) is 0 Å². The highest BCUT2D eigenvalue weighted by atomic mass is 32.2. The van der Waals surface area contributed by atoms with Crippen LogP contribution in [0.25, 0.3) is 0 Å². The van der Waals surface area contributed by atoms with Gasteiger partial charge in [-0.25, -0.2) is 13.2 Å². The third kappa shape index (κ3) is 2.58. The van der Waals surface area contributed by atoms with Crippen LogP contribution in [-0.2, 0) is 14.6 Å². The molecule has 2 N–H and O–H groups in total. The Labute approximate surface area is 103 Å². The Morgan fingerprint density at radius 2 is 1.94 bits per heavy atom. The van der Waals surface area contributed by atoms with Gasteiger partial charge in [0.2, 0.25) is 11.8 Å². The first kappa shape index (κ1) is 12.7. The van der Waals surface area contributed by atoms with E-state index in [9.17, 15) is 23.4 Å². The molecule has 1 fully saturated rings. The lowest BCUT2D eigenvalue weighted by Crippen LogP contribution is -2.35. The fourth-order valence-corrected chi connectivity index (χ4v) is 3.56. The van der Waals surface area contributed by atoms with E-state index in [2.05, 4.69) is 0 Å². The van der Waals surface area contributed by atoms with Gasteiger partial charge in [0.05, 0.1) is 17.4 Å². The van der Waals surface area contributed by atoms with E-state index in [4.69, 9.17) is 4.84 Å². The molecule has 2 heterocycles. The van der Waals surface area contributed by atoms with Crippen molar-refractivity contribution in [3.8, 4) is 11.8 Å². The van der Waals surface area contributed by atoms with E-state index < -0.39 is 33.5 Å². The second-order valence-electron chi connectivity index (χ2n) is 4.21. The molecule has 0 amide bonds. The molecule has 0 spiro atoms. The fourth-order valence-electron chi connectivity index (χ4n) is 1.87. The summed E-state index contributed by atoms with van der Waals surface area (Å²) in [5, 5.41) is 18.6. The van der Waals surface area contributed by atoms with Crippen molar-refractivity contribution in [1.82, 2.24) is 4.73 Å². The number of aromatic hydroxyl groups is 2. The van der Waals surface area contributed by atoms with Crippen LogP contribution in [0.2, 0.25) is 0 Å². The van der Waals surface area contributed by atoms with E-state index in [1.165, 1.54) is 0 Å². The van der Waals surface area contributed by atoms with Crippen LogP contribution in [0.1, 0.15) is 12.8 Å². The summed E-state index contributed by atoms with van der Waals surface area (Å²) in [6, 6.07) is 2.31. The molecule has 100 valence electrons. The molecular weight excluding hydrogens is 262 g/mol. The van der Waals surface area contributed by atoms with Crippen LogP contribution in [0.4, 0.5) is 0 Å². The molecule has 0 aliphatic carbocycles. The van der Waals surface area contributed by atoms with Gasteiger partial charge < -0.3 is 15.1 Å². The van der Waals surface area contributed by atoms with Crippen LogP contribution in [0.15, 0.2) is 12.1 Å². The van der Waals surface area contributed by atoms with E-state index in [0.717, 1.165) is 12.1 Å². The first-order valence-corrected chi connectivity index (χ1v) is 7.23. The van der Waals surface area contributed by atoms with Crippen molar-refractivity contribution in [2.24, 2.45) is 5.92 Å². The molecule has 0 saturated carbocycles. The molecule has 1 aromatic rings. The van der Waals surface area contributed by atoms with Gasteiger partial charge in [-0.2, -0.15) is 0 Å². The summed E-state index contributed by atoms with van der Waals surface area (Å²) in [6.07, 6.45) is 0.826. The van der Waals surface area contributed by atoms with Gasteiger partial charge in [0.15, 0.2) is 9.84 Å². The Balaban J connectivity index is 2.09. The van der Waals surface area contributed by atoms with Gasteiger partial charge in [-0.3, -0.25) is 0 Å². The minimum Gasteiger partial charge on any atom is -0.492 e. The van der Waals surface area contributed by atoms with Crippen molar-refractivity contribution in [2.75, 3.05) is 11.5 Å². The summed E-state index contributed by atoms with van der Waals surface area (Å²) in [4.78, 5) is 16.5. The monoisotopic (exact) mass is 275 g/mol. The van der Waals surface area contributed by atoms with Crippen LogP contribution in [0.3, 0.4) is 0 Å². The van der Waals surface area contributed by atoms with Gasteiger partial charge in [0.25, 0.3) is 0 Å². The normalized spacial score (nSPS) is 22.6. The van der Waals surface area contributed by atoms with Crippen molar-refractivity contribution < 1.29 is 28.3 Å². The predicted octanol–water partition coefficient (Wildman–Crippen LogP) is -0.321. The van der Waals surface area contributed by atoms with Crippen LogP contribution < -0.4 is 4.84 Å². The number of sulfone groups is 1. The van der Waals surface area contributed by atoms with Crippen molar-refractivity contribution >= 4 is 15.8 Å². The lowest BCUT2D eigenvalue weighted by molar-refractivity contribution is -0.149. The van der Waals surface area contributed by atoms with Crippen molar-refractivity contribution in [1.29, 1.82) is 0 Å². The molecule has 1 atom stereocenters. The largest absolute Gasteiger partial charge is 0.492 e. The molecule has 7 nitrogen and oxygen atoms in total. The molecule has 1 aliphatic rings.